The maximum Gasteiger partial charge on any atom is 0.337 e. The normalized spacial score (nSPS) is 14.6. The summed E-state index contributed by atoms with van der Waals surface area (Å²) in [5.41, 5.74) is 1.34. The zero-order valence-corrected chi connectivity index (χ0v) is 20.4. The van der Waals surface area contributed by atoms with E-state index >= 15 is 0 Å². The number of unbranched alkanes of at least 4 members (excludes halogenated alkanes) is 1. The molecule has 10 heteroatoms. The number of hydrogen-bond donors (Lipinski definition) is 3. The standard InChI is InChI=1S/C24H32N4O5S/c1-3-4-11-25-23(29)17-27-12-14-28(15-13-27)21-10-9-19(16-20(21)24(30)31)26-34(32,33)22-8-6-5-7-18(22)2/h5-10,16,26H,3-4,11-15,17H2,1-2H3,(H,25,29)(H,30,31). The number of nitrogens with zero attached hydrogens (tertiary/aromatic N) is 2. The number of nitrogens with one attached hydrogen (secondary N) is 2. The van der Waals surface area contributed by atoms with Crippen LogP contribution in [0.4, 0.5) is 11.4 Å². The molecule has 0 unspecified atom stereocenters. The monoisotopic (exact) mass is 488 g/mol. The molecule has 34 heavy (non-hydrogen) atoms. The summed E-state index contributed by atoms with van der Waals surface area (Å²) in [7, 11) is -3.85. The number of anilines is 2. The highest BCUT2D eigenvalue weighted by atomic mass is 32.2. The molecule has 2 aromatic rings. The third-order valence-corrected chi connectivity index (χ3v) is 7.34. The van der Waals surface area contributed by atoms with Crippen molar-refractivity contribution in [2.75, 3.05) is 48.9 Å². The Morgan fingerprint density at radius 2 is 1.76 bits per heavy atom. The molecule has 2 aromatic carbocycles. The lowest BCUT2D eigenvalue weighted by Gasteiger charge is -2.36. The lowest BCUT2D eigenvalue weighted by atomic mass is 10.1. The third kappa shape index (κ3) is 6.48. The number of carboxylic acid groups (broad SMARTS) is 1. The van der Waals surface area contributed by atoms with Crippen LogP contribution in [0.15, 0.2) is 47.4 Å². The maximum atomic E-state index is 12.8. The molecule has 1 fully saturated rings. The van der Waals surface area contributed by atoms with Gasteiger partial charge in [-0.2, -0.15) is 0 Å². The number of hydrogen-bond acceptors (Lipinski definition) is 6. The summed E-state index contributed by atoms with van der Waals surface area (Å²) in [6.07, 6.45) is 1.98. The topological polar surface area (TPSA) is 119 Å². The molecule has 1 aliphatic heterocycles. The Morgan fingerprint density at radius 3 is 2.41 bits per heavy atom. The minimum atomic E-state index is -3.85. The Morgan fingerprint density at radius 1 is 1.06 bits per heavy atom. The molecule has 184 valence electrons. The van der Waals surface area contributed by atoms with E-state index in [1.54, 1.807) is 37.3 Å². The predicted octanol–water partition coefficient (Wildman–Crippen LogP) is 2.53. The van der Waals surface area contributed by atoms with E-state index < -0.39 is 16.0 Å². The van der Waals surface area contributed by atoms with E-state index in [0.29, 0.717) is 50.5 Å². The second-order valence-electron chi connectivity index (χ2n) is 8.37. The van der Waals surface area contributed by atoms with E-state index in [4.69, 9.17) is 0 Å². The van der Waals surface area contributed by atoms with Gasteiger partial charge in [0.05, 0.1) is 22.7 Å². The van der Waals surface area contributed by atoms with Crippen LogP contribution < -0.4 is 14.9 Å². The van der Waals surface area contributed by atoms with Crippen molar-refractivity contribution in [3.63, 3.8) is 0 Å². The number of carbonyl (C=O) groups excluding carboxylic acids is 1. The van der Waals surface area contributed by atoms with Crippen LogP contribution in [-0.2, 0) is 14.8 Å². The SMILES string of the molecule is CCCCNC(=O)CN1CCN(c2ccc(NS(=O)(=O)c3ccccc3C)cc2C(=O)O)CC1. The Kier molecular flexibility index (Phi) is 8.51. The number of aryl methyl sites for hydroxylation is 1. The van der Waals surface area contributed by atoms with E-state index in [9.17, 15) is 23.1 Å². The van der Waals surface area contributed by atoms with Crippen LogP contribution in [0.5, 0.6) is 0 Å². The largest absolute Gasteiger partial charge is 0.478 e. The smallest absolute Gasteiger partial charge is 0.337 e. The third-order valence-electron chi connectivity index (χ3n) is 5.79. The van der Waals surface area contributed by atoms with Gasteiger partial charge in [0.2, 0.25) is 5.91 Å². The van der Waals surface area contributed by atoms with Crippen molar-refractivity contribution in [3.05, 3.63) is 53.6 Å². The van der Waals surface area contributed by atoms with Crippen LogP contribution in [0.1, 0.15) is 35.7 Å². The van der Waals surface area contributed by atoms with Gasteiger partial charge in [-0.1, -0.05) is 31.5 Å². The van der Waals surface area contributed by atoms with Gasteiger partial charge in [0.1, 0.15) is 0 Å². The van der Waals surface area contributed by atoms with E-state index in [0.717, 1.165) is 12.8 Å². The summed E-state index contributed by atoms with van der Waals surface area (Å²) >= 11 is 0. The first kappa shape index (κ1) is 25.5. The molecule has 1 heterocycles. The molecule has 0 spiro atoms. The fraction of sp³-hybridized carbons (Fsp3) is 0.417. The zero-order chi connectivity index (χ0) is 24.7. The first-order valence-electron chi connectivity index (χ1n) is 11.4. The number of aromatic carboxylic acids is 1. The average Bonchev–Trinajstić information content (AvgIpc) is 2.79. The Labute approximate surface area is 200 Å². The Balaban J connectivity index is 1.68. The van der Waals surface area contributed by atoms with E-state index in [-0.39, 0.29) is 22.1 Å². The first-order valence-corrected chi connectivity index (χ1v) is 12.9. The highest BCUT2D eigenvalue weighted by molar-refractivity contribution is 7.92. The van der Waals surface area contributed by atoms with Crippen LogP contribution in [0.3, 0.4) is 0 Å². The van der Waals surface area contributed by atoms with Gasteiger partial charge in [0.15, 0.2) is 0 Å². The van der Waals surface area contributed by atoms with E-state index in [1.807, 2.05) is 9.80 Å². The number of sulfonamides is 1. The number of carbonyl (C=O) groups is 2. The van der Waals surface area contributed by atoms with Gasteiger partial charge in [-0.3, -0.25) is 14.4 Å². The number of piperazine rings is 1. The maximum absolute atomic E-state index is 12.8. The minimum Gasteiger partial charge on any atom is -0.478 e. The second-order valence-corrected chi connectivity index (χ2v) is 10.0. The first-order chi connectivity index (χ1) is 16.2. The van der Waals surface area contributed by atoms with Crippen LogP contribution in [0, 0.1) is 6.92 Å². The molecule has 1 saturated heterocycles. The summed E-state index contributed by atoms with van der Waals surface area (Å²) < 4.78 is 28.1. The average molecular weight is 489 g/mol. The van der Waals surface area contributed by atoms with Crippen molar-refractivity contribution in [1.82, 2.24) is 10.2 Å². The number of rotatable bonds is 10. The van der Waals surface area contributed by atoms with Gasteiger partial charge in [-0.05, 0) is 43.2 Å². The quantitative estimate of drug-likeness (QED) is 0.440. The Bertz CT molecular complexity index is 1130. The summed E-state index contributed by atoms with van der Waals surface area (Å²) in [6.45, 7) is 7.16. The van der Waals surface area contributed by atoms with Crippen molar-refractivity contribution in [2.45, 2.75) is 31.6 Å². The number of benzene rings is 2. The second kappa shape index (κ2) is 11.3. The van der Waals surface area contributed by atoms with Crippen LogP contribution in [0.2, 0.25) is 0 Å². The minimum absolute atomic E-state index is 0.00147. The van der Waals surface area contributed by atoms with Gasteiger partial charge in [-0.25, -0.2) is 13.2 Å². The van der Waals surface area contributed by atoms with Crippen LogP contribution >= 0.6 is 0 Å². The van der Waals surface area contributed by atoms with E-state index in [2.05, 4.69) is 17.0 Å². The molecule has 0 aliphatic carbocycles. The predicted molar refractivity (Wildman–Crippen MR) is 132 cm³/mol. The van der Waals surface area contributed by atoms with Crippen molar-refractivity contribution in [3.8, 4) is 0 Å². The van der Waals surface area contributed by atoms with Gasteiger partial charge in [0.25, 0.3) is 10.0 Å². The molecule has 9 nitrogen and oxygen atoms in total. The molecule has 0 aromatic heterocycles. The van der Waals surface area contributed by atoms with Crippen molar-refractivity contribution in [1.29, 1.82) is 0 Å². The summed E-state index contributed by atoms with van der Waals surface area (Å²) in [5, 5.41) is 12.7. The Hall–Kier alpha value is -3.11. The lowest BCUT2D eigenvalue weighted by Crippen LogP contribution is -2.49. The van der Waals surface area contributed by atoms with Gasteiger partial charge < -0.3 is 15.3 Å². The lowest BCUT2D eigenvalue weighted by molar-refractivity contribution is -0.122. The molecule has 0 bridgehead atoms. The van der Waals surface area contributed by atoms with Gasteiger partial charge in [0, 0.05) is 38.4 Å². The summed E-state index contributed by atoms with van der Waals surface area (Å²) in [4.78, 5) is 28.2. The van der Waals surface area contributed by atoms with Crippen molar-refractivity contribution < 1.29 is 23.1 Å². The molecule has 1 aliphatic rings. The fourth-order valence-corrected chi connectivity index (χ4v) is 5.22. The highest BCUT2D eigenvalue weighted by Crippen LogP contribution is 2.27. The summed E-state index contributed by atoms with van der Waals surface area (Å²) in [5.74, 6) is -1.14. The fourth-order valence-electron chi connectivity index (χ4n) is 3.93. The zero-order valence-electron chi connectivity index (χ0n) is 19.6. The van der Waals surface area contributed by atoms with Gasteiger partial charge >= 0.3 is 5.97 Å². The van der Waals surface area contributed by atoms with Crippen molar-refractivity contribution >= 4 is 33.3 Å². The van der Waals surface area contributed by atoms with E-state index in [1.165, 1.54) is 12.1 Å². The van der Waals surface area contributed by atoms with Crippen LogP contribution in [-0.4, -0.2) is 69.6 Å². The highest BCUT2D eigenvalue weighted by Gasteiger charge is 2.24. The molecule has 1 amide bonds. The van der Waals surface area contributed by atoms with Crippen LogP contribution in [0.25, 0.3) is 0 Å². The molecule has 3 N–H and O–H groups in total. The van der Waals surface area contributed by atoms with Gasteiger partial charge in [-0.15, -0.1) is 0 Å². The molecular formula is C24H32N4O5S. The molecular weight excluding hydrogens is 456 g/mol. The molecule has 0 radical (unpaired) electrons. The number of carboxylic acids is 1. The van der Waals surface area contributed by atoms with Crippen molar-refractivity contribution in [2.24, 2.45) is 0 Å². The number of amides is 1. The molecule has 0 saturated carbocycles. The molecule has 0 atom stereocenters. The summed E-state index contributed by atoms with van der Waals surface area (Å²) in [6, 6.07) is 11.2. The molecule has 3 rings (SSSR count).